The van der Waals surface area contributed by atoms with Gasteiger partial charge >= 0.3 is 64.4 Å². The Morgan fingerprint density at radius 2 is 1.70 bits per heavy atom. The summed E-state index contributed by atoms with van der Waals surface area (Å²) in [4.78, 5) is 10.4. The molecule has 0 radical (unpaired) electrons. The van der Waals surface area contributed by atoms with Crippen molar-refractivity contribution in [3.8, 4) is 0 Å². The molecule has 2 aliphatic heterocycles. The second-order valence-corrected chi connectivity index (χ2v) is 12.1. The molecule has 0 aromatic heterocycles. The van der Waals surface area contributed by atoms with E-state index < -0.39 is 25.4 Å². The first-order chi connectivity index (χ1) is 4.81. The maximum atomic E-state index is 10.4. The van der Waals surface area contributed by atoms with E-state index in [1.54, 1.807) is 0 Å². The second-order valence-electron chi connectivity index (χ2n) is 2.93. The molecule has 0 amide bonds. The third-order valence-corrected chi connectivity index (χ3v) is 11.6. The molecule has 10 heavy (non-hydrogen) atoms. The quantitative estimate of drug-likeness (QED) is 0.613. The van der Waals surface area contributed by atoms with Crippen molar-refractivity contribution in [2.24, 2.45) is 0 Å². The van der Waals surface area contributed by atoms with Gasteiger partial charge in [0.1, 0.15) is 0 Å². The molecule has 2 fully saturated rings. The number of carbonyl (C=O) groups excluding carboxylic acids is 1. The van der Waals surface area contributed by atoms with Gasteiger partial charge in [-0.05, 0) is 0 Å². The molecule has 2 saturated heterocycles. The molecule has 0 aromatic rings. The van der Waals surface area contributed by atoms with Gasteiger partial charge < -0.3 is 0 Å². The molecule has 4 heteroatoms. The van der Waals surface area contributed by atoms with E-state index >= 15 is 0 Å². The third kappa shape index (κ3) is 1.00. The number of rotatable bonds is 0. The zero-order chi connectivity index (χ0) is 7.03. The monoisotopic (exact) mass is 250 g/mol. The fourth-order valence-corrected chi connectivity index (χ4v) is 9.76. The molecule has 2 heterocycles. The maximum absolute atomic E-state index is 10.4. The van der Waals surface area contributed by atoms with Crippen LogP contribution in [0.15, 0.2) is 0 Å². The fraction of sp³-hybridized carbons (Fsp3) is 0.833. The molecule has 0 N–H and O–H groups in total. The molecule has 0 saturated carbocycles. The third-order valence-electron chi connectivity index (χ3n) is 2.15. The minimum absolute atomic E-state index is 0.405. The summed E-state index contributed by atoms with van der Waals surface area (Å²) in [6, 6.07) is 0. The number of hydrogen-bond donors (Lipinski definition) is 0. The standard InChI is InChI=1S/C5H10.CH2O3.Sn/c1-3-5-4-2;2-1(3)4;/h1-5H2;(H2,2,3,4);/q;;+2/p-2. The molecule has 0 unspecified atom stereocenters. The van der Waals surface area contributed by atoms with Crippen molar-refractivity contribution >= 4 is 25.4 Å². The van der Waals surface area contributed by atoms with E-state index in [9.17, 15) is 4.79 Å². The average molecular weight is 249 g/mol. The van der Waals surface area contributed by atoms with E-state index in [1.807, 2.05) is 0 Å². The van der Waals surface area contributed by atoms with Crippen molar-refractivity contribution < 1.29 is 10.9 Å². The second kappa shape index (κ2) is 2.29. The van der Waals surface area contributed by atoms with Gasteiger partial charge in [-0.15, -0.1) is 0 Å². The van der Waals surface area contributed by atoms with E-state index in [0.29, 0.717) is 0 Å². The van der Waals surface area contributed by atoms with Gasteiger partial charge in [0.2, 0.25) is 0 Å². The molecular formula is C6H10O3Sn. The van der Waals surface area contributed by atoms with Crippen molar-refractivity contribution in [3.05, 3.63) is 0 Å². The Balaban J connectivity index is 1.96. The molecule has 0 aromatic carbocycles. The zero-order valence-electron chi connectivity index (χ0n) is 5.76. The predicted octanol–water partition coefficient (Wildman–Crippen LogP) is 1.78. The Labute approximate surface area is 64.7 Å². The van der Waals surface area contributed by atoms with Gasteiger partial charge in [-0.3, -0.25) is 0 Å². The Bertz CT molecular complexity index is 152. The normalized spacial score (nSPS) is 28.6. The molecule has 56 valence electrons. The number of hydrogen-bond acceptors (Lipinski definition) is 3. The van der Waals surface area contributed by atoms with Crippen LogP contribution in [0.25, 0.3) is 0 Å². The van der Waals surface area contributed by atoms with Crippen LogP contribution in [0.2, 0.25) is 8.87 Å². The average Bonchev–Trinajstić information content (AvgIpc) is 1.87. The summed E-state index contributed by atoms with van der Waals surface area (Å²) in [5.74, 6) is 0. The minimum atomic E-state index is -2.54. The fourth-order valence-electron chi connectivity index (χ4n) is 1.61. The van der Waals surface area contributed by atoms with Crippen molar-refractivity contribution in [3.63, 3.8) is 0 Å². The zero-order valence-corrected chi connectivity index (χ0v) is 8.61. The Morgan fingerprint density at radius 1 is 1.10 bits per heavy atom. The van der Waals surface area contributed by atoms with E-state index in [-0.39, 0.29) is 0 Å². The summed E-state index contributed by atoms with van der Waals surface area (Å²) in [6.45, 7) is 0. The molecule has 2 aliphatic rings. The van der Waals surface area contributed by atoms with Crippen LogP contribution in [0.4, 0.5) is 4.79 Å². The van der Waals surface area contributed by atoms with Gasteiger partial charge in [0.25, 0.3) is 0 Å². The Morgan fingerprint density at radius 3 is 2.20 bits per heavy atom. The van der Waals surface area contributed by atoms with Gasteiger partial charge in [0.05, 0.1) is 0 Å². The molecule has 0 aliphatic carbocycles. The van der Waals surface area contributed by atoms with Gasteiger partial charge in [0, 0.05) is 0 Å². The van der Waals surface area contributed by atoms with Gasteiger partial charge in [-0.1, -0.05) is 0 Å². The Kier molecular flexibility index (Phi) is 1.55. The van der Waals surface area contributed by atoms with Crippen LogP contribution >= 0.6 is 0 Å². The molecule has 3 nitrogen and oxygen atoms in total. The van der Waals surface area contributed by atoms with E-state index in [2.05, 4.69) is 0 Å². The summed E-state index contributed by atoms with van der Waals surface area (Å²) in [5, 5.41) is 0. The summed E-state index contributed by atoms with van der Waals surface area (Å²) >= 11 is -2.54. The first-order valence-corrected chi connectivity index (χ1v) is 10.1. The van der Waals surface area contributed by atoms with Gasteiger partial charge in [-0.2, -0.15) is 0 Å². The van der Waals surface area contributed by atoms with Crippen molar-refractivity contribution in [1.29, 1.82) is 0 Å². The molecular weight excluding hydrogens is 239 g/mol. The van der Waals surface area contributed by atoms with Crippen LogP contribution < -0.4 is 0 Å². The first kappa shape index (κ1) is 6.76. The van der Waals surface area contributed by atoms with Crippen molar-refractivity contribution in [2.75, 3.05) is 0 Å². The van der Waals surface area contributed by atoms with Crippen LogP contribution in [0.3, 0.4) is 0 Å². The van der Waals surface area contributed by atoms with Crippen LogP contribution in [-0.4, -0.2) is 25.4 Å². The van der Waals surface area contributed by atoms with E-state index in [4.69, 9.17) is 6.15 Å². The van der Waals surface area contributed by atoms with Crippen LogP contribution in [-0.2, 0) is 6.15 Å². The molecule has 2 rings (SSSR count). The SMILES string of the molecule is O=C1[O][Sn]2([CH2]CCC[CH2]2)[O]1. The number of carbonyl (C=O) groups is 1. The van der Waals surface area contributed by atoms with Crippen LogP contribution in [0.1, 0.15) is 19.3 Å². The summed E-state index contributed by atoms with van der Waals surface area (Å²) in [5.41, 5.74) is 0. The molecule has 1 spiro atoms. The summed E-state index contributed by atoms with van der Waals surface area (Å²) in [7, 11) is 0. The summed E-state index contributed by atoms with van der Waals surface area (Å²) < 4.78 is 12.4. The predicted molar refractivity (Wildman–Crippen MR) is 36.8 cm³/mol. The Hall–Kier alpha value is 0.0687. The van der Waals surface area contributed by atoms with Crippen molar-refractivity contribution in [1.82, 2.24) is 0 Å². The van der Waals surface area contributed by atoms with Gasteiger partial charge in [0.15, 0.2) is 0 Å². The molecule has 0 atom stereocenters. The van der Waals surface area contributed by atoms with Crippen LogP contribution in [0.5, 0.6) is 0 Å². The topological polar surface area (TPSA) is 35.5 Å². The first-order valence-electron chi connectivity index (χ1n) is 3.73. The van der Waals surface area contributed by atoms with E-state index in [0.717, 1.165) is 8.87 Å². The van der Waals surface area contributed by atoms with Gasteiger partial charge in [-0.25, -0.2) is 0 Å². The summed E-state index contributed by atoms with van der Waals surface area (Å²) in [6.07, 6.45) is 3.31. The van der Waals surface area contributed by atoms with Crippen molar-refractivity contribution in [2.45, 2.75) is 28.1 Å². The van der Waals surface area contributed by atoms with E-state index in [1.165, 1.54) is 19.3 Å². The van der Waals surface area contributed by atoms with Crippen LogP contribution in [0, 0.1) is 0 Å². The molecule has 0 bridgehead atoms.